The minimum absolute atomic E-state index is 0.682. The Morgan fingerprint density at radius 1 is 0.941 bits per heavy atom. The van der Waals surface area contributed by atoms with Crippen LogP contribution in [0.4, 0.5) is 0 Å². The van der Waals surface area contributed by atoms with Crippen molar-refractivity contribution in [2.45, 2.75) is 38.9 Å². The van der Waals surface area contributed by atoms with Crippen LogP contribution in [0.3, 0.4) is 0 Å². The maximum absolute atomic E-state index is 11.7. The van der Waals surface area contributed by atoms with E-state index in [-0.39, 0.29) is 0 Å². The van der Waals surface area contributed by atoms with E-state index >= 15 is 0 Å². The van der Waals surface area contributed by atoms with E-state index in [1.54, 1.807) is 0 Å². The van der Waals surface area contributed by atoms with Gasteiger partial charge in [0.05, 0.1) is 0 Å². The fourth-order valence-corrected chi connectivity index (χ4v) is 5.27. The molecule has 7 nitrogen and oxygen atoms in total. The Bertz CT molecular complexity index is 378. The molecule has 17 heavy (non-hydrogen) atoms. The summed E-state index contributed by atoms with van der Waals surface area (Å²) in [4.78, 5) is 23.4. The van der Waals surface area contributed by atoms with Crippen LogP contribution in [0.2, 0.25) is 0 Å². The second-order valence-corrected chi connectivity index (χ2v) is 7.93. The molecule has 2 aliphatic rings. The van der Waals surface area contributed by atoms with Crippen LogP contribution < -0.4 is 0 Å². The van der Waals surface area contributed by atoms with Crippen molar-refractivity contribution >= 4 is 19.7 Å². The Morgan fingerprint density at radius 2 is 1.29 bits per heavy atom. The maximum atomic E-state index is 11.7. The minimum atomic E-state index is -4.85. The Kier molecular flexibility index (Phi) is 2.22. The zero-order valence-corrected chi connectivity index (χ0v) is 11.4. The van der Waals surface area contributed by atoms with Crippen molar-refractivity contribution in [2.75, 3.05) is 7.11 Å². The van der Waals surface area contributed by atoms with Crippen molar-refractivity contribution < 1.29 is 32.2 Å². The first-order valence-electron chi connectivity index (χ1n) is 5.15. The summed E-state index contributed by atoms with van der Waals surface area (Å²) in [5, 5.41) is 0. The van der Waals surface area contributed by atoms with E-state index in [4.69, 9.17) is 22.6 Å². The molecule has 0 aromatic heterocycles. The predicted molar refractivity (Wildman–Crippen MR) is 57.8 cm³/mol. The van der Waals surface area contributed by atoms with Crippen molar-refractivity contribution in [3.05, 3.63) is 0 Å². The summed E-state index contributed by atoms with van der Waals surface area (Å²) < 4.78 is 26.1. The SMILES string of the molecule is CO[PH-]12(OC(=O)C(C)(C)O1)OC(=O)C(C)(C)O2. The van der Waals surface area contributed by atoms with Gasteiger partial charge in [0.15, 0.2) is 0 Å². The number of carbonyl (C=O) groups is 2. The van der Waals surface area contributed by atoms with Gasteiger partial charge < -0.3 is 0 Å². The number of hydrogen-bond donors (Lipinski definition) is 0. The first-order chi connectivity index (χ1) is 7.54. The standard InChI is InChI=1S/C9H16O7P/c1-8(2)6(10)13-17(12-5,15-8)14-7(11)9(3,4)16-17/h17H,1-5H3/q-1. The first-order valence-corrected chi connectivity index (χ1v) is 7.19. The van der Waals surface area contributed by atoms with Crippen molar-refractivity contribution in [2.24, 2.45) is 0 Å². The monoisotopic (exact) mass is 267 g/mol. The van der Waals surface area contributed by atoms with E-state index in [0.717, 1.165) is 0 Å². The Balaban J connectivity index is 2.48. The van der Waals surface area contributed by atoms with E-state index in [0.29, 0.717) is 0 Å². The van der Waals surface area contributed by atoms with Gasteiger partial charge in [0.1, 0.15) is 0 Å². The molecule has 2 fully saturated rings. The molecule has 0 aromatic rings. The summed E-state index contributed by atoms with van der Waals surface area (Å²) in [5.74, 6) is -1.36. The normalized spacial score (nSPS) is 33.8. The van der Waals surface area contributed by atoms with Crippen LogP contribution >= 0.6 is 7.74 Å². The third-order valence-corrected chi connectivity index (χ3v) is 6.07. The van der Waals surface area contributed by atoms with E-state index in [9.17, 15) is 9.59 Å². The van der Waals surface area contributed by atoms with Gasteiger partial charge in [-0.3, -0.25) is 0 Å². The van der Waals surface area contributed by atoms with Crippen LogP contribution in [-0.2, 0) is 32.2 Å². The average molecular weight is 267 g/mol. The molecule has 0 aromatic carbocycles. The van der Waals surface area contributed by atoms with Crippen molar-refractivity contribution in [3.8, 4) is 0 Å². The summed E-state index contributed by atoms with van der Waals surface area (Å²) in [6.45, 7) is 5.96. The van der Waals surface area contributed by atoms with Crippen LogP contribution in [0.5, 0.6) is 0 Å². The molecule has 8 heteroatoms. The topological polar surface area (TPSA) is 80.3 Å². The number of hydrogen-bond acceptors (Lipinski definition) is 7. The summed E-state index contributed by atoms with van der Waals surface area (Å²) in [6, 6.07) is 0. The second kappa shape index (κ2) is 2.98. The van der Waals surface area contributed by atoms with Gasteiger partial charge in [-0.25, -0.2) is 0 Å². The molecule has 0 N–H and O–H groups in total. The molecule has 0 atom stereocenters. The molecule has 2 rings (SSSR count). The fraction of sp³-hybridized carbons (Fsp3) is 0.778. The molecule has 0 radical (unpaired) electrons. The molecule has 0 bridgehead atoms. The summed E-state index contributed by atoms with van der Waals surface area (Å²) in [7, 11) is -3.63. The molecule has 0 amide bonds. The van der Waals surface area contributed by atoms with Crippen LogP contribution in [0, 0.1) is 0 Å². The molecule has 0 unspecified atom stereocenters. The summed E-state index contributed by atoms with van der Waals surface area (Å²) >= 11 is 0. The number of rotatable bonds is 1. The Labute approximate surface area is 98.6 Å². The molecular formula is C9H16O7P-. The molecule has 2 aliphatic heterocycles. The van der Waals surface area contributed by atoms with Crippen molar-refractivity contribution in [1.82, 2.24) is 0 Å². The van der Waals surface area contributed by atoms with Crippen molar-refractivity contribution in [3.63, 3.8) is 0 Å². The molecule has 100 valence electrons. The van der Waals surface area contributed by atoms with Crippen LogP contribution in [0.1, 0.15) is 27.7 Å². The van der Waals surface area contributed by atoms with Gasteiger partial charge in [0, 0.05) is 0 Å². The van der Waals surface area contributed by atoms with E-state index < -0.39 is 30.9 Å². The molecule has 2 saturated heterocycles. The molecule has 0 aliphatic carbocycles. The first kappa shape index (κ1) is 12.7. The van der Waals surface area contributed by atoms with Gasteiger partial charge in [-0.2, -0.15) is 0 Å². The van der Waals surface area contributed by atoms with E-state index in [1.807, 2.05) is 0 Å². The van der Waals surface area contributed by atoms with Gasteiger partial charge in [-0.1, -0.05) is 0 Å². The fourth-order valence-electron chi connectivity index (χ4n) is 1.76. The van der Waals surface area contributed by atoms with Crippen LogP contribution in [-0.4, -0.2) is 30.3 Å². The molecular weight excluding hydrogens is 251 g/mol. The van der Waals surface area contributed by atoms with Gasteiger partial charge in [-0.05, 0) is 0 Å². The third kappa shape index (κ3) is 1.57. The molecule has 0 saturated carbocycles. The van der Waals surface area contributed by atoms with Gasteiger partial charge in [0.2, 0.25) is 0 Å². The predicted octanol–water partition coefficient (Wildman–Crippen LogP) is 1.20. The molecule has 2 heterocycles. The average Bonchev–Trinajstić information content (AvgIpc) is 2.45. The van der Waals surface area contributed by atoms with E-state index in [1.165, 1.54) is 34.8 Å². The Morgan fingerprint density at radius 3 is 1.47 bits per heavy atom. The third-order valence-electron chi connectivity index (χ3n) is 2.68. The van der Waals surface area contributed by atoms with Crippen LogP contribution in [0.25, 0.3) is 0 Å². The Hall–Kier alpha value is -0.750. The second-order valence-electron chi connectivity index (χ2n) is 5.04. The van der Waals surface area contributed by atoms with Gasteiger partial charge in [0.25, 0.3) is 0 Å². The zero-order valence-electron chi connectivity index (χ0n) is 10.4. The van der Waals surface area contributed by atoms with E-state index in [2.05, 4.69) is 0 Å². The summed E-state index contributed by atoms with van der Waals surface area (Å²) in [6.07, 6.45) is 0. The van der Waals surface area contributed by atoms with Crippen molar-refractivity contribution in [1.29, 1.82) is 0 Å². The number of carbonyl (C=O) groups excluding carboxylic acids is 2. The summed E-state index contributed by atoms with van der Waals surface area (Å²) in [5.41, 5.74) is -2.55. The zero-order chi connectivity index (χ0) is 13.1. The van der Waals surface area contributed by atoms with Crippen LogP contribution in [0.15, 0.2) is 0 Å². The molecule has 1 spiro atoms. The van der Waals surface area contributed by atoms with Gasteiger partial charge in [-0.15, -0.1) is 0 Å². The van der Waals surface area contributed by atoms with Gasteiger partial charge >= 0.3 is 97.9 Å². The quantitative estimate of drug-likeness (QED) is 0.660.